The lowest BCUT2D eigenvalue weighted by molar-refractivity contribution is 0.599. The van der Waals surface area contributed by atoms with Gasteiger partial charge in [0.05, 0.1) is 17.9 Å². The van der Waals surface area contributed by atoms with Gasteiger partial charge in [-0.1, -0.05) is 13.0 Å². The number of benzene rings is 1. The van der Waals surface area contributed by atoms with Gasteiger partial charge in [-0.3, -0.25) is 4.68 Å². The average Bonchev–Trinajstić information content (AvgIpc) is 3.11. The van der Waals surface area contributed by atoms with Crippen molar-refractivity contribution in [2.24, 2.45) is 5.73 Å². The van der Waals surface area contributed by atoms with E-state index in [9.17, 15) is 0 Å². The van der Waals surface area contributed by atoms with Crippen molar-refractivity contribution in [3.63, 3.8) is 0 Å². The Balaban J connectivity index is 1.96. The van der Waals surface area contributed by atoms with Crippen LogP contribution < -0.4 is 5.73 Å². The quantitative estimate of drug-likeness (QED) is 0.782. The van der Waals surface area contributed by atoms with Gasteiger partial charge in [0, 0.05) is 24.8 Å². The van der Waals surface area contributed by atoms with Crippen molar-refractivity contribution in [3.8, 4) is 0 Å². The Morgan fingerprint density at radius 3 is 2.71 bits per heavy atom. The van der Waals surface area contributed by atoms with Crippen molar-refractivity contribution < 1.29 is 0 Å². The van der Waals surface area contributed by atoms with Crippen LogP contribution in [0.2, 0.25) is 0 Å². The Bertz CT molecular complexity index is 751. The maximum absolute atomic E-state index is 5.71. The number of fused-ring (bicyclic) bond motifs is 1. The van der Waals surface area contributed by atoms with Crippen molar-refractivity contribution >= 4 is 10.9 Å². The number of aromatic nitrogens is 3. The molecule has 21 heavy (non-hydrogen) atoms. The zero-order valence-electron chi connectivity index (χ0n) is 12.7. The lowest BCUT2D eigenvalue weighted by Crippen LogP contribution is -2.07. The number of hydrogen-bond donors (Lipinski definition) is 1. The molecule has 0 amide bonds. The summed E-state index contributed by atoms with van der Waals surface area (Å²) in [5.74, 6) is 0. The molecule has 3 aromatic rings. The van der Waals surface area contributed by atoms with E-state index in [0.29, 0.717) is 6.54 Å². The van der Waals surface area contributed by atoms with Crippen molar-refractivity contribution in [1.82, 2.24) is 14.3 Å². The van der Waals surface area contributed by atoms with Gasteiger partial charge in [-0.05, 0) is 48.6 Å². The molecular weight excluding hydrogens is 260 g/mol. The molecule has 1 aromatic carbocycles. The van der Waals surface area contributed by atoms with Gasteiger partial charge >= 0.3 is 0 Å². The molecule has 3 rings (SSSR count). The van der Waals surface area contributed by atoms with Crippen LogP contribution in [-0.4, -0.2) is 14.3 Å². The minimum absolute atomic E-state index is 0.587. The first-order valence-corrected chi connectivity index (χ1v) is 7.58. The highest BCUT2D eigenvalue weighted by Gasteiger charge is 2.08. The highest BCUT2D eigenvalue weighted by Crippen LogP contribution is 2.19. The lowest BCUT2D eigenvalue weighted by atomic mass is 10.1. The summed E-state index contributed by atoms with van der Waals surface area (Å²) in [6.45, 7) is 6.63. The minimum Gasteiger partial charge on any atom is -0.341 e. The van der Waals surface area contributed by atoms with Crippen LogP contribution in [0.3, 0.4) is 0 Å². The highest BCUT2D eigenvalue weighted by molar-refractivity contribution is 5.81. The third-order valence-corrected chi connectivity index (χ3v) is 3.98. The van der Waals surface area contributed by atoms with Crippen LogP contribution >= 0.6 is 0 Å². The largest absolute Gasteiger partial charge is 0.341 e. The molecular formula is C17H22N4. The summed E-state index contributed by atoms with van der Waals surface area (Å²) in [4.78, 5) is 0. The van der Waals surface area contributed by atoms with E-state index in [0.717, 1.165) is 25.2 Å². The molecule has 0 aliphatic rings. The molecule has 0 aliphatic carbocycles. The van der Waals surface area contributed by atoms with Gasteiger partial charge in [0.15, 0.2) is 0 Å². The molecule has 4 nitrogen and oxygen atoms in total. The van der Waals surface area contributed by atoms with E-state index in [1.807, 2.05) is 0 Å². The second-order valence-electron chi connectivity index (χ2n) is 5.34. The maximum atomic E-state index is 5.71. The number of nitrogens with two attached hydrogens (primary N) is 1. The van der Waals surface area contributed by atoms with Crippen LogP contribution in [-0.2, 0) is 26.1 Å². The Morgan fingerprint density at radius 2 is 2.00 bits per heavy atom. The first kappa shape index (κ1) is 13.9. The predicted octanol–water partition coefficient (Wildman–Crippen LogP) is 2.93. The molecule has 2 heterocycles. The van der Waals surface area contributed by atoms with Gasteiger partial charge in [0.1, 0.15) is 0 Å². The Kier molecular flexibility index (Phi) is 3.80. The summed E-state index contributed by atoms with van der Waals surface area (Å²) < 4.78 is 4.37. The van der Waals surface area contributed by atoms with Crippen LogP contribution in [0.25, 0.3) is 10.9 Å². The molecule has 110 valence electrons. The molecule has 0 unspecified atom stereocenters. The molecule has 0 bridgehead atoms. The number of aryl methyl sites for hydroxylation is 2. The van der Waals surface area contributed by atoms with Gasteiger partial charge in [-0.15, -0.1) is 0 Å². The van der Waals surface area contributed by atoms with E-state index in [4.69, 9.17) is 5.73 Å². The maximum Gasteiger partial charge on any atom is 0.0645 e. The summed E-state index contributed by atoms with van der Waals surface area (Å²) >= 11 is 0. The Labute approximate surface area is 125 Å². The van der Waals surface area contributed by atoms with Crippen LogP contribution in [0.1, 0.15) is 30.8 Å². The fourth-order valence-electron chi connectivity index (χ4n) is 2.78. The van der Waals surface area contributed by atoms with E-state index in [2.05, 4.69) is 64.7 Å². The fourth-order valence-corrected chi connectivity index (χ4v) is 2.78. The van der Waals surface area contributed by atoms with Gasteiger partial charge in [-0.25, -0.2) is 0 Å². The van der Waals surface area contributed by atoms with E-state index in [-0.39, 0.29) is 0 Å². The lowest BCUT2D eigenvalue weighted by Gasteiger charge is -2.08. The smallest absolute Gasteiger partial charge is 0.0645 e. The summed E-state index contributed by atoms with van der Waals surface area (Å²) in [7, 11) is 0. The summed E-state index contributed by atoms with van der Waals surface area (Å²) in [5, 5.41) is 5.87. The Morgan fingerprint density at radius 1 is 1.14 bits per heavy atom. The van der Waals surface area contributed by atoms with Crippen molar-refractivity contribution in [2.75, 3.05) is 0 Å². The summed E-state index contributed by atoms with van der Waals surface area (Å²) in [5.41, 5.74) is 10.5. The SMILES string of the molecule is CCc1cc(Cn2ccc3cc(CN)ccc32)n(CC)n1. The van der Waals surface area contributed by atoms with E-state index < -0.39 is 0 Å². The molecule has 0 radical (unpaired) electrons. The van der Waals surface area contributed by atoms with Crippen molar-refractivity contribution in [2.45, 2.75) is 39.9 Å². The third-order valence-electron chi connectivity index (χ3n) is 3.98. The normalized spacial score (nSPS) is 11.4. The van der Waals surface area contributed by atoms with Gasteiger partial charge in [0.2, 0.25) is 0 Å². The predicted molar refractivity (Wildman–Crippen MR) is 86.2 cm³/mol. The molecule has 0 fully saturated rings. The topological polar surface area (TPSA) is 48.8 Å². The van der Waals surface area contributed by atoms with E-state index in [1.54, 1.807) is 0 Å². The van der Waals surface area contributed by atoms with E-state index >= 15 is 0 Å². The first-order valence-electron chi connectivity index (χ1n) is 7.58. The average molecular weight is 282 g/mol. The van der Waals surface area contributed by atoms with Crippen LogP contribution in [0, 0.1) is 0 Å². The van der Waals surface area contributed by atoms with Crippen LogP contribution in [0.4, 0.5) is 0 Å². The van der Waals surface area contributed by atoms with Gasteiger partial charge in [-0.2, -0.15) is 5.10 Å². The number of rotatable bonds is 5. The third kappa shape index (κ3) is 2.59. The highest BCUT2D eigenvalue weighted by atomic mass is 15.3. The number of nitrogens with zero attached hydrogens (tertiary/aromatic N) is 3. The molecule has 2 N–H and O–H groups in total. The fraction of sp³-hybridized carbons (Fsp3) is 0.353. The zero-order valence-corrected chi connectivity index (χ0v) is 12.7. The summed E-state index contributed by atoms with van der Waals surface area (Å²) in [6, 6.07) is 10.8. The van der Waals surface area contributed by atoms with E-state index in [1.165, 1.54) is 22.2 Å². The second kappa shape index (κ2) is 5.74. The molecule has 0 saturated heterocycles. The second-order valence-corrected chi connectivity index (χ2v) is 5.34. The van der Waals surface area contributed by atoms with Crippen molar-refractivity contribution in [3.05, 3.63) is 53.5 Å². The molecule has 0 atom stereocenters. The van der Waals surface area contributed by atoms with Crippen molar-refractivity contribution in [1.29, 1.82) is 0 Å². The molecule has 2 aromatic heterocycles. The number of hydrogen-bond acceptors (Lipinski definition) is 2. The molecule has 0 saturated carbocycles. The zero-order chi connectivity index (χ0) is 14.8. The molecule has 0 aliphatic heterocycles. The Hall–Kier alpha value is -2.07. The monoisotopic (exact) mass is 282 g/mol. The van der Waals surface area contributed by atoms with Crippen LogP contribution in [0.15, 0.2) is 36.5 Å². The van der Waals surface area contributed by atoms with Gasteiger partial charge in [0.25, 0.3) is 0 Å². The molecule has 4 heteroatoms. The van der Waals surface area contributed by atoms with Crippen LogP contribution in [0.5, 0.6) is 0 Å². The standard InChI is InChI=1S/C17H22N4/c1-3-15-10-16(21(4-2)19-15)12-20-8-7-14-9-13(11-18)5-6-17(14)20/h5-10H,3-4,11-12,18H2,1-2H3. The molecule has 0 spiro atoms. The first-order chi connectivity index (χ1) is 10.2. The minimum atomic E-state index is 0.587. The van der Waals surface area contributed by atoms with Gasteiger partial charge < -0.3 is 10.3 Å². The summed E-state index contributed by atoms with van der Waals surface area (Å²) in [6.07, 6.45) is 3.12.